The Morgan fingerprint density at radius 1 is 1.02 bits per heavy atom. The van der Waals surface area contributed by atoms with Crippen molar-refractivity contribution in [3.8, 4) is 11.3 Å². The number of hydrogen-bond acceptors (Lipinski definition) is 6. The fourth-order valence-electron chi connectivity index (χ4n) is 7.94. The van der Waals surface area contributed by atoms with Gasteiger partial charge in [-0.15, -0.1) is 0 Å². The number of aromatic amines is 1. The third-order valence-corrected chi connectivity index (χ3v) is 10.0. The van der Waals surface area contributed by atoms with E-state index in [0.717, 1.165) is 87.0 Å². The Kier molecular flexibility index (Phi) is 7.02. The first kappa shape index (κ1) is 26.0. The Morgan fingerprint density at radius 3 is 2.48 bits per heavy atom. The molecule has 4 heterocycles. The smallest absolute Gasteiger partial charge is 0.251 e. The highest BCUT2D eigenvalue weighted by molar-refractivity contribution is 6.01. The fraction of sp³-hybridized carbons (Fsp3) is 0.562. The van der Waals surface area contributed by atoms with Gasteiger partial charge in [-0.05, 0) is 68.9 Å². The van der Waals surface area contributed by atoms with Gasteiger partial charge in [0.25, 0.3) is 5.91 Å². The number of nitrogens with one attached hydrogen (secondary N) is 2. The molecule has 7 rings (SSSR count). The first-order chi connectivity index (χ1) is 19.6. The number of aliphatic hydroxyl groups is 1. The summed E-state index contributed by atoms with van der Waals surface area (Å²) >= 11 is 0. The zero-order valence-corrected chi connectivity index (χ0v) is 23.3. The molecule has 0 radical (unpaired) electrons. The van der Waals surface area contributed by atoms with Gasteiger partial charge in [0.15, 0.2) is 0 Å². The van der Waals surface area contributed by atoms with E-state index in [-0.39, 0.29) is 17.6 Å². The Hall–Kier alpha value is -2.94. The molecule has 1 amide bonds. The monoisotopic (exact) mass is 543 g/mol. The molecule has 40 heavy (non-hydrogen) atoms. The summed E-state index contributed by atoms with van der Waals surface area (Å²) in [6.07, 6.45) is 9.86. The SMILES string of the molecule is O=C(NCC1(N2CCOCC2)CCCCC1)c1ccc2[nH]nc(-c3ccc(N4[C@@H]5CC[C@H]4C[C@@H](O)C5)cc3)c2c1. The van der Waals surface area contributed by atoms with Crippen LogP contribution in [-0.4, -0.2) is 82.7 Å². The number of rotatable bonds is 6. The number of ether oxygens (including phenoxy) is 1. The van der Waals surface area contributed by atoms with Crippen LogP contribution >= 0.6 is 0 Å². The number of hydrogen-bond donors (Lipinski definition) is 3. The maximum Gasteiger partial charge on any atom is 0.251 e. The summed E-state index contributed by atoms with van der Waals surface area (Å²) in [7, 11) is 0. The van der Waals surface area contributed by atoms with Gasteiger partial charge in [-0.1, -0.05) is 31.4 Å². The van der Waals surface area contributed by atoms with Crippen molar-refractivity contribution in [2.45, 2.75) is 81.5 Å². The van der Waals surface area contributed by atoms with Crippen molar-refractivity contribution in [1.82, 2.24) is 20.4 Å². The van der Waals surface area contributed by atoms with Crippen molar-refractivity contribution in [1.29, 1.82) is 0 Å². The number of aromatic nitrogens is 2. The van der Waals surface area contributed by atoms with E-state index >= 15 is 0 Å². The molecular formula is C32H41N5O3. The maximum atomic E-state index is 13.4. The van der Waals surface area contributed by atoms with E-state index in [9.17, 15) is 9.90 Å². The molecule has 2 aromatic carbocycles. The van der Waals surface area contributed by atoms with E-state index in [1.165, 1.54) is 24.9 Å². The second-order valence-corrected chi connectivity index (χ2v) is 12.4. The van der Waals surface area contributed by atoms with Crippen molar-refractivity contribution < 1.29 is 14.6 Å². The number of fused-ring (bicyclic) bond motifs is 3. The quantitative estimate of drug-likeness (QED) is 0.424. The molecule has 3 aliphatic heterocycles. The number of nitrogens with zero attached hydrogens (tertiary/aromatic N) is 3. The van der Waals surface area contributed by atoms with Crippen molar-refractivity contribution in [2.24, 2.45) is 0 Å². The van der Waals surface area contributed by atoms with Crippen LogP contribution in [-0.2, 0) is 4.74 Å². The zero-order valence-electron chi connectivity index (χ0n) is 23.3. The number of anilines is 1. The summed E-state index contributed by atoms with van der Waals surface area (Å²) in [5.74, 6) is -0.0228. The van der Waals surface area contributed by atoms with Crippen LogP contribution in [0.4, 0.5) is 5.69 Å². The average Bonchev–Trinajstić information content (AvgIpc) is 3.55. The van der Waals surface area contributed by atoms with Crippen LogP contribution in [0.15, 0.2) is 42.5 Å². The molecule has 1 aliphatic carbocycles. The molecule has 3 atom stereocenters. The van der Waals surface area contributed by atoms with Crippen LogP contribution in [0, 0.1) is 0 Å². The predicted molar refractivity (Wildman–Crippen MR) is 157 cm³/mol. The molecule has 8 nitrogen and oxygen atoms in total. The van der Waals surface area contributed by atoms with E-state index in [0.29, 0.717) is 24.2 Å². The first-order valence-electron chi connectivity index (χ1n) is 15.3. The number of morpholine rings is 1. The maximum absolute atomic E-state index is 13.4. The van der Waals surface area contributed by atoms with Gasteiger partial charge in [0.1, 0.15) is 0 Å². The normalized spacial score (nSPS) is 26.7. The lowest BCUT2D eigenvalue weighted by atomic mass is 9.79. The number of amides is 1. The molecular weight excluding hydrogens is 502 g/mol. The number of carbonyl (C=O) groups is 1. The molecule has 0 spiro atoms. The number of benzene rings is 2. The van der Waals surface area contributed by atoms with Crippen LogP contribution in [0.2, 0.25) is 0 Å². The van der Waals surface area contributed by atoms with E-state index in [4.69, 9.17) is 4.74 Å². The van der Waals surface area contributed by atoms with E-state index < -0.39 is 0 Å². The molecule has 3 aromatic rings. The third-order valence-electron chi connectivity index (χ3n) is 10.0. The van der Waals surface area contributed by atoms with Crippen molar-refractivity contribution >= 4 is 22.5 Å². The summed E-state index contributed by atoms with van der Waals surface area (Å²) in [6, 6.07) is 15.3. The minimum Gasteiger partial charge on any atom is -0.393 e. The van der Waals surface area contributed by atoms with Crippen LogP contribution in [0.3, 0.4) is 0 Å². The standard InChI is InChI=1S/C32H41N5O3/c38-27-19-25-9-10-26(20-27)37(25)24-7-4-22(5-8-24)30-28-18-23(6-11-29(28)34-35-30)31(39)33-21-32(12-2-1-3-13-32)36-14-16-40-17-15-36/h4-8,11,18,25-27,38H,1-3,9-10,12-17,19-21H2,(H,33,39)(H,34,35)/t25-,26+,27+. The van der Waals surface area contributed by atoms with Gasteiger partial charge >= 0.3 is 0 Å². The van der Waals surface area contributed by atoms with Crippen LogP contribution in [0.1, 0.15) is 68.1 Å². The first-order valence-corrected chi connectivity index (χ1v) is 15.3. The molecule has 0 unspecified atom stereocenters. The predicted octanol–water partition coefficient (Wildman–Crippen LogP) is 4.49. The Labute approximate surface area is 236 Å². The van der Waals surface area contributed by atoms with Gasteiger partial charge in [0.05, 0.1) is 30.5 Å². The summed E-state index contributed by atoms with van der Waals surface area (Å²) < 4.78 is 5.62. The summed E-state index contributed by atoms with van der Waals surface area (Å²) in [6.45, 7) is 4.12. The average molecular weight is 544 g/mol. The lowest BCUT2D eigenvalue weighted by Crippen LogP contribution is -2.59. The number of carbonyl (C=O) groups excluding carboxylic acids is 1. The molecule has 8 heteroatoms. The number of aliphatic hydroxyl groups excluding tert-OH is 1. The highest BCUT2D eigenvalue weighted by Gasteiger charge is 2.40. The van der Waals surface area contributed by atoms with Gasteiger partial charge in [-0.25, -0.2) is 0 Å². The summed E-state index contributed by atoms with van der Waals surface area (Å²) in [4.78, 5) is 18.5. The van der Waals surface area contributed by atoms with Gasteiger partial charge in [-0.2, -0.15) is 5.10 Å². The minimum atomic E-state index is -0.164. The third kappa shape index (κ3) is 4.80. The van der Waals surface area contributed by atoms with Crippen LogP contribution < -0.4 is 10.2 Å². The minimum absolute atomic E-state index is 0.0228. The zero-order chi connectivity index (χ0) is 27.1. The number of piperidine rings is 1. The summed E-state index contributed by atoms with van der Waals surface area (Å²) in [5.41, 5.74) is 4.76. The van der Waals surface area contributed by atoms with Gasteiger partial charge in [0.2, 0.25) is 0 Å². The molecule has 212 valence electrons. The lowest BCUT2D eigenvalue weighted by Gasteiger charge is -2.48. The second kappa shape index (κ2) is 10.8. The topological polar surface area (TPSA) is 93.7 Å². The molecule has 4 aliphatic rings. The van der Waals surface area contributed by atoms with Crippen molar-refractivity contribution in [3.05, 3.63) is 48.0 Å². The highest BCUT2D eigenvalue weighted by atomic mass is 16.5. The van der Waals surface area contributed by atoms with E-state index in [2.05, 4.69) is 49.6 Å². The Morgan fingerprint density at radius 2 is 1.75 bits per heavy atom. The second-order valence-electron chi connectivity index (χ2n) is 12.4. The molecule has 1 aromatic heterocycles. The highest BCUT2D eigenvalue weighted by Crippen LogP contribution is 2.40. The molecule has 3 saturated heterocycles. The fourth-order valence-corrected chi connectivity index (χ4v) is 7.94. The Bertz CT molecular complexity index is 1330. The van der Waals surface area contributed by atoms with E-state index in [1.54, 1.807) is 0 Å². The molecule has 3 N–H and O–H groups in total. The van der Waals surface area contributed by atoms with Gasteiger partial charge in [0, 0.05) is 59.5 Å². The largest absolute Gasteiger partial charge is 0.393 e. The lowest BCUT2D eigenvalue weighted by molar-refractivity contribution is -0.0361. The van der Waals surface area contributed by atoms with E-state index in [1.807, 2.05) is 18.2 Å². The Balaban J connectivity index is 1.09. The van der Waals surface area contributed by atoms with Crippen molar-refractivity contribution in [2.75, 3.05) is 37.7 Å². The van der Waals surface area contributed by atoms with Crippen LogP contribution in [0.5, 0.6) is 0 Å². The molecule has 2 bridgehead atoms. The van der Waals surface area contributed by atoms with Crippen LogP contribution in [0.25, 0.3) is 22.2 Å². The van der Waals surface area contributed by atoms with Crippen molar-refractivity contribution in [3.63, 3.8) is 0 Å². The summed E-state index contributed by atoms with van der Waals surface area (Å²) in [5, 5.41) is 22.2. The van der Waals surface area contributed by atoms with Gasteiger partial charge in [-0.3, -0.25) is 14.8 Å². The van der Waals surface area contributed by atoms with Gasteiger partial charge < -0.3 is 20.1 Å². The molecule has 1 saturated carbocycles. The molecule has 4 fully saturated rings. The number of H-pyrrole nitrogens is 1.